The minimum Gasteiger partial charge on any atom is -0.384 e. The Balaban J connectivity index is 3.01. The molecule has 0 atom stereocenters. The predicted octanol–water partition coefficient (Wildman–Crippen LogP) is 1.90. The molecular formula is C15H18FNO2. The van der Waals surface area contributed by atoms with Crippen molar-refractivity contribution in [1.82, 2.24) is 4.90 Å². The van der Waals surface area contributed by atoms with Gasteiger partial charge >= 0.3 is 0 Å². The Morgan fingerprint density at radius 3 is 2.74 bits per heavy atom. The van der Waals surface area contributed by atoms with Gasteiger partial charge in [0, 0.05) is 19.2 Å². The second-order valence-electron chi connectivity index (χ2n) is 4.73. The molecule has 0 aliphatic rings. The number of aliphatic hydroxyl groups is 1. The molecule has 1 aromatic rings. The second kappa shape index (κ2) is 6.91. The zero-order valence-electron chi connectivity index (χ0n) is 11.4. The highest BCUT2D eigenvalue weighted by atomic mass is 19.1. The Morgan fingerprint density at radius 2 is 2.16 bits per heavy atom. The number of aliphatic hydroxyl groups excluding tert-OH is 1. The van der Waals surface area contributed by atoms with Crippen molar-refractivity contribution >= 4 is 5.91 Å². The van der Waals surface area contributed by atoms with Crippen molar-refractivity contribution in [3.05, 3.63) is 35.1 Å². The molecule has 0 radical (unpaired) electrons. The lowest BCUT2D eigenvalue weighted by molar-refractivity contribution is 0.0774. The van der Waals surface area contributed by atoms with Crippen molar-refractivity contribution in [1.29, 1.82) is 0 Å². The van der Waals surface area contributed by atoms with Gasteiger partial charge in [0.2, 0.25) is 0 Å². The highest BCUT2D eigenvalue weighted by Gasteiger charge is 2.17. The number of halogens is 1. The minimum absolute atomic E-state index is 0.00731. The van der Waals surface area contributed by atoms with E-state index in [1.165, 1.54) is 23.1 Å². The van der Waals surface area contributed by atoms with Crippen molar-refractivity contribution in [2.75, 3.05) is 20.2 Å². The van der Waals surface area contributed by atoms with Gasteiger partial charge in [-0.15, -0.1) is 0 Å². The van der Waals surface area contributed by atoms with Crippen LogP contribution in [0.4, 0.5) is 4.39 Å². The molecule has 0 spiro atoms. The summed E-state index contributed by atoms with van der Waals surface area (Å²) in [6, 6.07) is 4.12. The third-order valence-corrected chi connectivity index (χ3v) is 2.49. The van der Waals surface area contributed by atoms with Gasteiger partial charge in [-0.3, -0.25) is 4.79 Å². The van der Waals surface area contributed by atoms with E-state index in [-0.39, 0.29) is 18.1 Å². The number of carbonyl (C=O) groups is 1. The molecule has 4 heteroatoms. The topological polar surface area (TPSA) is 40.5 Å². The van der Waals surface area contributed by atoms with Crippen LogP contribution in [0.5, 0.6) is 0 Å². The zero-order chi connectivity index (χ0) is 14.4. The van der Waals surface area contributed by atoms with Gasteiger partial charge in [-0.25, -0.2) is 4.39 Å². The number of rotatable bonds is 3. The van der Waals surface area contributed by atoms with E-state index in [0.29, 0.717) is 18.0 Å². The Kier molecular flexibility index (Phi) is 5.53. The Bertz CT molecular complexity index is 515. The van der Waals surface area contributed by atoms with Gasteiger partial charge in [0.1, 0.15) is 12.4 Å². The summed E-state index contributed by atoms with van der Waals surface area (Å²) in [5.41, 5.74) is 0.518. The van der Waals surface area contributed by atoms with Crippen LogP contribution in [0, 0.1) is 23.6 Å². The van der Waals surface area contributed by atoms with Crippen LogP contribution in [0.1, 0.15) is 29.8 Å². The van der Waals surface area contributed by atoms with Gasteiger partial charge in [0.05, 0.1) is 5.56 Å². The molecular weight excluding hydrogens is 245 g/mol. The molecule has 1 rings (SSSR count). The summed E-state index contributed by atoms with van der Waals surface area (Å²) in [4.78, 5) is 13.6. The summed E-state index contributed by atoms with van der Waals surface area (Å²) in [6.07, 6.45) is 0. The number of benzene rings is 1. The molecule has 1 N–H and O–H groups in total. The average Bonchev–Trinajstić information content (AvgIpc) is 2.36. The van der Waals surface area contributed by atoms with Crippen LogP contribution < -0.4 is 0 Å². The van der Waals surface area contributed by atoms with Gasteiger partial charge in [0.15, 0.2) is 0 Å². The molecule has 0 saturated heterocycles. The first kappa shape index (κ1) is 15.2. The van der Waals surface area contributed by atoms with Crippen molar-refractivity contribution in [3.63, 3.8) is 0 Å². The molecule has 1 aromatic carbocycles. The molecule has 0 saturated carbocycles. The van der Waals surface area contributed by atoms with Crippen LogP contribution >= 0.6 is 0 Å². The molecule has 0 heterocycles. The van der Waals surface area contributed by atoms with Gasteiger partial charge < -0.3 is 10.0 Å². The quantitative estimate of drug-likeness (QED) is 0.846. The van der Waals surface area contributed by atoms with Crippen LogP contribution in [-0.4, -0.2) is 36.1 Å². The molecule has 1 amide bonds. The Hall–Kier alpha value is -1.86. The lowest BCUT2D eigenvalue weighted by Crippen LogP contribution is -2.30. The van der Waals surface area contributed by atoms with Crippen LogP contribution in [0.25, 0.3) is 0 Å². The summed E-state index contributed by atoms with van der Waals surface area (Å²) < 4.78 is 13.7. The van der Waals surface area contributed by atoms with Gasteiger partial charge in [-0.1, -0.05) is 25.7 Å². The molecule has 0 unspecified atom stereocenters. The zero-order valence-corrected chi connectivity index (χ0v) is 11.4. The fraction of sp³-hybridized carbons (Fsp3) is 0.400. The maximum Gasteiger partial charge on any atom is 0.256 e. The highest BCUT2D eigenvalue weighted by molar-refractivity contribution is 5.94. The summed E-state index contributed by atoms with van der Waals surface area (Å²) in [6.45, 7) is 4.27. The molecule has 0 fully saturated rings. The van der Waals surface area contributed by atoms with E-state index in [0.717, 1.165) is 0 Å². The molecule has 102 valence electrons. The first-order valence-electron chi connectivity index (χ1n) is 6.10. The average molecular weight is 263 g/mol. The molecule has 0 aromatic heterocycles. The van der Waals surface area contributed by atoms with Crippen LogP contribution in [-0.2, 0) is 0 Å². The first-order chi connectivity index (χ1) is 8.95. The van der Waals surface area contributed by atoms with E-state index in [1.54, 1.807) is 7.05 Å². The van der Waals surface area contributed by atoms with E-state index in [4.69, 9.17) is 5.11 Å². The molecule has 3 nitrogen and oxygen atoms in total. The van der Waals surface area contributed by atoms with Crippen LogP contribution in [0.2, 0.25) is 0 Å². The SMILES string of the molecule is CC(C)CN(C)C(=O)c1cc(C#CCO)ccc1F. The molecule has 0 aliphatic carbocycles. The van der Waals surface area contributed by atoms with Crippen LogP contribution in [0.15, 0.2) is 18.2 Å². The number of nitrogens with zero attached hydrogens (tertiary/aromatic N) is 1. The largest absolute Gasteiger partial charge is 0.384 e. The van der Waals surface area contributed by atoms with E-state index in [9.17, 15) is 9.18 Å². The van der Waals surface area contributed by atoms with Crippen molar-refractivity contribution < 1.29 is 14.3 Å². The first-order valence-corrected chi connectivity index (χ1v) is 6.10. The second-order valence-corrected chi connectivity index (χ2v) is 4.73. The monoisotopic (exact) mass is 263 g/mol. The van der Waals surface area contributed by atoms with Crippen molar-refractivity contribution in [3.8, 4) is 11.8 Å². The maximum absolute atomic E-state index is 13.7. The number of amides is 1. The number of hydrogen-bond acceptors (Lipinski definition) is 2. The van der Waals surface area contributed by atoms with E-state index in [1.807, 2.05) is 13.8 Å². The third kappa shape index (κ3) is 4.38. The van der Waals surface area contributed by atoms with Crippen molar-refractivity contribution in [2.45, 2.75) is 13.8 Å². The number of carbonyl (C=O) groups excluding carboxylic acids is 1. The summed E-state index contributed by atoms with van der Waals surface area (Å²) >= 11 is 0. The summed E-state index contributed by atoms with van der Waals surface area (Å²) in [5.74, 6) is 4.52. The van der Waals surface area contributed by atoms with Crippen LogP contribution in [0.3, 0.4) is 0 Å². The smallest absolute Gasteiger partial charge is 0.256 e. The van der Waals surface area contributed by atoms with E-state index in [2.05, 4.69) is 11.8 Å². The molecule has 0 aliphatic heterocycles. The summed E-state index contributed by atoms with van der Waals surface area (Å²) in [7, 11) is 1.65. The predicted molar refractivity (Wildman–Crippen MR) is 72.2 cm³/mol. The maximum atomic E-state index is 13.7. The highest BCUT2D eigenvalue weighted by Crippen LogP contribution is 2.13. The van der Waals surface area contributed by atoms with Crippen molar-refractivity contribution in [2.24, 2.45) is 5.92 Å². The molecule has 0 bridgehead atoms. The standard InChI is InChI=1S/C15H18FNO2/c1-11(2)10-17(3)15(19)13-9-12(5-4-8-18)6-7-14(13)16/h6-7,9,11,18H,8,10H2,1-3H3. The van der Waals surface area contributed by atoms with E-state index < -0.39 is 5.82 Å². The third-order valence-electron chi connectivity index (χ3n) is 2.49. The fourth-order valence-electron chi connectivity index (χ4n) is 1.74. The van der Waals surface area contributed by atoms with Gasteiger partial charge in [-0.2, -0.15) is 0 Å². The summed E-state index contributed by atoms with van der Waals surface area (Å²) in [5, 5.41) is 8.63. The molecule has 19 heavy (non-hydrogen) atoms. The van der Waals surface area contributed by atoms with E-state index >= 15 is 0 Å². The van der Waals surface area contributed by atoms with Gasteiger partial charge in [-0.05, 0) is 24.1 Å². The Labute approximate surface area is 113 Å². The lowest BCUT2D eigenvalue weighted by Gasteiger charge is -2.19. The van der Waals surface area contributed by atoms with Gasteiger partial charge in [0.25, 0.3) is 5.91 Å². The lowest BCUT2D eigenvalue weighted by atomic mass is 10.1. The Morgan fingerprint density at radius 1 is 1.47 bits per heavy atom. The number of hydrogen-bond donors (Lipinski definition) is 1. The fourth-order valence-corrected chi connectivity index (χ4v) is 1.74. The minimum atomic E-state index is -0.560. The normalized spacial score (nSPS) is 10.0.